The van der Waals surface area contributed by atoms with Crippen LogP contribution in [0.3, 0.4) is 0 Å². The van der Waals surface area contributed by atoms with E-state index in [2.05, 4.69) is 184 Å². The van der Waals surface area contributed by atoms with E-state index >= 15 is 0 Å². The van der Waals surface area contributed by atoms with Crippen LogP contribution in [0.25, 0.3) is 111 Å². The highest BCUT2D eigenvalue weighted by Gasteiger charge is 2.39. The Bertz CT molecular complexity index is 3430. The summed E-state index contributed by atoms with van der Waals surface area (Å²) >= 11 is 0. The van der Waals surface area contributed by atoms with Gasteiger partial charge in [0.1, 0.15) is 11.2 Å². The second kappa shape index (κ2) is 11.7. The van der Waals surface area contributed by atoms with Gasteiger partial charge in [-0.25, -0.2) is 0 Å². The third kappa shape index (κ3) is 4.26. The number of furan rings is 1. The van der Waals surface area contributed by atoms with Gasteiger partial charge in [0.15, 0.2) is 0 Å². The van der Waals surface area contributed by atoms with Gasteiger partial charge in [0.25, 0.3) is 0 Å². The molecule has 0 saturated carbocycles. The molecular weight excluding hydrogens is 677 g/mol. The lowest BCUT2D eigenvalue weighted by molar-refractivity contribution is 0.662. The van der Waals surface area contributed by atoms with Gasteiger partial charge in [-0.3, -0.25) is 0 Å². The zero-order valence-corrected chi connectivity index (χ0v) is 31.5. The molecule has 0 radical (unpaired) electrons. The Labute approximate surface area is 325 Å². The van der Waals surface area contributed by atoms with E-state index in [1.54, 1.807) is 0 Å². The molecule has 0 spiro atoms. The van der Waals surface area contributed by atoms with Crippen molar-refractivity contribution < 1.29 is 4.42 Å². The average molecular weight is 715 g/mol. The molecule has 10 aromatic rings. The van der Waals surface area contributed by atoms with Crippen LogP contribution in [0.15, 0.2) is 162 Å². The van der Waals surface area contributed by atoms with Crippen LogP contribution in [0.1, 0.15) is 37.8 Å². The van der Waals surface area contributed by atoms with Crippen LogP contribution >= 0.6 is 0 Å². The van der Waals surface area contributed by atoms with Crippen LogP contribution in [0.2, 0.25) is 0 Å². The van der Waals surface area contributed by atoms with Crippen molar-refractivity contribution in [1.29, 1.82) is 0 Å². The Morgan fingerprint density at radius 2 is 0.982 bits per heavy atom. The van der Waals surface area contributed by atoms with Crippen LogP contribution < -0.4 is 10.4 Å². The fourth-order valence-corrected chi connectivity index (χ4v) is 10.5. The third-order valence-corrected chi connectivity index (χ3v) is 12.9. The molecule has 264 valence electrons. The van der Waals surface area contributed by atoms with Crippen LogP contribution in [0.5, 0.6) is 0 Å². The summed E-state index contributed by atoms with van der Waals surface area (Å²) < 4.78 is 6.75. The summed E-state index contributed by atoms with van der Waals surface area (Å²) in [4.78, 5) is 0. The molecule has 1 heterocycles. The largest absolute Gasteiger partial charge is 0.455 e. The van der Waals surface area contributed by atoms with Gasteiger partial charge in [0, 0.05) is 21.6 Å². The van der Waals surface area contributed by atoms with E-state index < -0.39 is 0 Å². The highest BCUT2D eigenvalue weighted by atomic mass is 16.3. The fraction of sp³-hybridized carbons (Fsp3) is 0.0909. The van der Waals surface area contributed by atoms with Gasteiger partial charge in [-0.1, -0.05) is 166 Å². The third-order valence-electron chi connectivity index (χ3n) is 12.9. The molecule has 0 aliphatic heterocycles. The molecule has 0 N–H and O–H groups in total. The summed E-state index contributed by atoms with van der Waals surface area (Å²) in [7, 11) is 0. The molecule has 56 heavy (non-hydrogen) atoms. The monoisotopic (exact) mass is 714 g/mol. The lowest BCUT2D eigenvalue weighted by Gasteiger charge is -2.26. The first-order valence-corrected chi connectivity index (χ1v) is 19.9. The Morgan fingerprint density at radius 3 is 1.77 bits per heavy atom. The zero-order valence-electron chi connectivity index (χ0n) is 31.5. The summed E-state index contributed by atoms with van der Waals surface area (Å²) in [6.07, 6.45) is 7.05. The van der Waals surface area contributed by atoms with E-state index in [9.17, 15) is 0 Å². The molecule has 1 heteroatoms. The molecule has 9 aromatic carbocycles. The second-order valence-corrected chi connectivity index (χ2v) is 16.2. The van der Waals surface area contributed by atoms with Crippen molar-refractivity contribution >= 4 is 66.4 Å². The van der Waals surface area contributed by atoms with E-state index in [4.69, 9.17) is 4.42 Å². The quantitative estimate of drug-likeness (QED) is 0.178. The number of para-hydroxylation sites is 1. The van der Waals surface area contributed by atoms with E-state index in [-0.39, 0.29) is 5.41 Å². The lowest BCUT2D eigenvalue weighted by atomic mass is 9.77. The van der Waals surface area contributed by atoms with Crippen molar-refractivity contribution in [3.63, 3.8) is 0 Å². The summed E-state index contributed by atoms with van der Waals surface area (Å²) in [6.45, 7) is 4.81. The topological polar surface area (TPSA) is 13.1 Å². The van der Waals surface area contributed by atoms with Crippen molar-refractivity contribution in [2.24, 2.45) is 0 Å². The number of benzene rings is 9. The van der Waals surface area contributed by atoms with Gasteiger partial charge in [-0.2, -0.15) is 0 Å². The Morgan fingerprint density at radius 1 is 0.411 bits per heavy atom. The second-order valence-electron chi connectivity index (χ2n) is 16.2. The molecule has 2 aliphatic rings. The van der Waals surface area contributed by atoms with E-state index in [1.165, 1.54) is 93.0 Å². The fourth-order valence-electron chi connectivity index (χ4n) is 10.5. The minimum atomic E-state index is -0.203. The molecule has 0 amide bonds. The number of fused-ring (bicyclic) bond motifs is 12. The van der Waals surface area contributed by atoms with Crippen molar-refractivity contribution in [3.8, 4) is 44.5 Å². The number of hydrogen-bond acceptors (Lipinski definition) is 1. The van der Waals surface area contributed by atoms with Crippen molar-refractivity contribution in [3.05, 3.63) is 179 Å². The molecule has 2 aliphatic carbocycles. The summed E-state index contributed by atoms with van der Waals surface area (Å²) in [5.41, 5.74) is 14.8. The van der Waals surface area contributed by atoms with Gasteiger partial charge >= 0.3 is 0 Å². The predicted molar refractivity (Wildman–Crippen MR) is 238 cm³/mol. The maximum atomic E-state index is 6.75. The SMILES string of the molecule is CC1(C)c2ccccc2-c2c1c(-c1ccc(-c3c4c(c(-c5ccccc5)c5ccccc35)=CCCC=4)c3ccccc13)cc1c2ccc2c3ccccc3oc12. The lowest BCUT2D eigenvalue weighted by Crippen LogP contribution is -2.31. The summed E-state index contributed by atoms with van der Waals surface area (Å²) in [5, 5.41) is 12.6. The van der Waals surface area contributed by atoms with Crippen LogP contribution in [0.4, 0.5) is 0 Å². The molecule has 0 atom stereocenters. The van der Waals surface area contributed by atoms with Gasteiger partial charge in [0.2, 0.25) is 0 Å². The minimum Gasteiger partial charge on any atom is -0.455 e. The standard InChI is InChI=1S/C55H38O/c1-55(2)48-26-14-12-25-45(48)52-43-30-31-44-37-20-13-15-27-49(37)56-54(44)47(43)32-46(53(52)55)36-28-29-42(35-19-7-6-18-34(35)36)51-40-23-10-8-21-38(40)50(33-16-4-3-5-17-33)39-22-9-11-24-41(39)51/h3-8,10,12-32H,9,11H2,1-2H3. The molecular formula is C55H38O. The Hall–Kier alpha value is -6.70. The number of hydrogen-bond donors (Lipinski definition) is 0. The molecule has 0 unspecified atom stereocenters. The van der Waals surface area contributed by atoms with E-state index in [0.717, 1.165) is 40.2 Å². The zero-order chi connectivity index (χ0) is 37.1. The van der Waals surface area contributed by atoms with Crippen molar-refractivity contribution in [2.45, 2.75) is 32.1 Å². The highest BCUT2D eigenvalue weighted by Crippen LogP contribution is 2.56. The van der Waals surface area contributed by atoms with E-state index in [1.807, 2.05) is 0 Å². The molecule has 12 rings (SSSR count). The predicted octanol–water partition coefficient (Wildman–Crippen LogP) is 13.7. The molecule has 0 bridgehead atoms. The molecule has 0 saturated heterocycles. The Balaban J connectivity index is 1.20. The highest BCUT2D eigenvalue weighted by molar-refractivity contribution is 6.21. The number of rotatable bonds is 3. The molecule has 0 fully saturated rings. The first-order chi connectivity index (χ1) is 27.6. The van der Waals surface area contributed by atoms with Gasteiger partial charge in [-0.15, -0.1) is 0 Å². The normalized spacial score (nSPS) is 14.2. The van der Waals surface area contributed by atoms with Crippen LogP contribution in [-0.4, -0.2) is 0 Å². The van der Waals surface area contributed by atoms with Gasteiger partial charge in [-0.05, 0) is 124 Å². The smallest absolute Gasteiger partial charge is 0.143 e. The maximum absolute atomic E-state index is 6.75. The van der Waals surface area contributed by atoms with Crippen molar-refractivity contribution in [1.82, 2.24) is 0 Å². The minimum absolute atomic E-state index is 0.203. The average Bonchev–Trinajstić information content (AvgIpc) is 3.75. The van der Waals surface area contributed by atoms with Gasteiger partial charge in [0.05, 0.1) is 0 Å². The first kappa shape index (κ1) is 31.6. The van der Waals surface area contributed by atoms with Crippen LogP contribution in [-0.2, 0) is 5.41 Å². The van der Waals surface area contributed by atoms with E-state index in [0.29, 0.717) is 0 Å². The Kier molecular flexibility index (Phi) is 6.58. The van der Waals surface area contributed by atoms with Crippen molar-refractivity contribution in [2.75, 3.05) is 0 Å². The maximum Gasteiger partial charge on any atom is 0.143 e. The molecule has 1 nitrogen and oxygen atoms in total. The van der Waals surface area contributed by atoms with Gasteiger partial charge < -0.3 is 4.42 Å². The summed E-state index contributed by atoms with van der Waals surface area (Å²) in [5.74, 6) is 0. The van der Waals surface area contributed by atoms with Crippen LogP contribution in [0, 0.1) is 0 Å². The molecule has 1 aromatic heterocycles. The summed E-state index contributed by atoms with van der Waals surface area (Å²) in [6, 6.07) is 58.4. The first-order valence-electron chi connectivity index (χ1n) is 19.9.